The van der Waals surface area contributed by atoms with E-state index in [0.29, 0.717) is 6.04 Å². The minimum Gasteiger partial charge on any atom is -0.355 e. The predicted molar refractivity (Wildman–Crippen MR) is 73.7 cm³/mol. The van der Waals surface area contributed by atoms with Crippen LogP contribution in [0, 0.1) is 0 Å². The lowest BCUT2D eigenvalue weighted by Crippen LogP contribution is -2.49. The molecule has 0 bridgehead atoms. The topological polar surface area (TPSA) is 75.4 Å². The fourth-order valence-electron chi connectivity index (χ4n) is 2.43. The first-order valence-electron chi connectivity index (χ1n) is 6.64. The molecule has 0 aromatic carbocycles. The average molecular weight is 263 g/mol. The number of anilines is 1. The summed E-state index contributed by atoms with van der Waals surface area (Å²) in [6, 6.07) is 3.82. The molecule has 1 saturated heterocycles. The standard InChI is InChI=1S/C13H21N5O/c1-10(14)13(19)18-8-5-11(6-9-18)17(2)12-4-3-7-15-16-12/h3-4,7,10-11H,5-6,8-9,14H2,1-2H3/t10-/m1/s1. The molecule has 0 spiro atoms. The van der Waals surface area contributed by atoms with Crippen molar-refractivity contribution in [3.63, 3.8) is 0 Å². The van der Waals surface area contributed by atoms with Gasteiger partial charge in [-0.15, -0.1) is 5.10 Å². The van der Waals surface area contributed by atoms with Gasteiger partial charge in [-0.05, 0) is 31.9 Å². The van der Waals surface area contributed by atoms with E-state index in [9.17, 15) is 4.79 Å². The quantitative estimate of drug-likeness (QED) is 0.846. The molecular formula is C13H21N5O. The summed E-state index contributed by atoms with van der Waals surface area (Å²) < 4.78 is 0. The van der Waals surface area contributed by atoms with Gasteiger partial charge in [-0.1, -0.05) is 0 Å². The van der Waals surface area contributed by atoms with Crippen LogP contribution in [-0.2, 0) is 4.79 Å². The van der Waals surface area contributed by atoms with Gasteiger partial charge in [-0.3, -0.25) is 4.79 Å². The molecule has 1 fully saturated rings. The van der Waals surface area contributed by atoms with Crippen LogP contribution in [0.15, 0.2) is 18.3 Å². The zero-order valence-electron chi connectivity index (χ0n) is 11.5. The summed E-state index contributed by atoms with van der Waals surface area (Å²) in [5.74, 6) is 0.917. The summed E-state index contributed by atoms with van der Waals surface area (Å²) in [4.78, 5) is 15.8. The van der Waals surface area contributed by atoms with E-state index in [1.807, 2.05) is 24.1 Å². The number of carbonyl (C=O) groups is 1. The smallest absolute Gasteiger partial charge is 0.239 e. The molecule has 0 saturated carbocycles. The molecule has 1 aliphatic heterocycles. The minimum atomic E-state index is -0.408. The lowest BCUT2D eigenvalue weighted by atomic mass is 10.0. The molecule has 0 radical (unpaired) electrons. The first kappa shape index (κ1) is 13.7. The number of carbonyl (C=O) groups excluding carboxylic acids is 1. The van der Waals surface area contributed by atoms with Crippen LogP contribution >= 0.6 is 0 Å². The zero-order chi connectivity index (χ0) is 13.8. The maximum Gasteiger partial charge on any atom is 0.239 e. The van der Waals surface area contributed by atoms with Crippen molar-refractivity contribution in [2.75, 3.05) is 25.0 Å². The Bertz CT molecular complexity index is 414. The molecule has 2 N–H and O–H groups in total. The number of nitrogens with two attached hydrogens (primary N) is 1. The van der Waals surface area contributed by atoms with Crippen molar-refractivity contribution in [1.29, 1.82) is 0 Å². The molecule has 1 atom stereocenters. The van der Waals surface area contributed by atoms with Crippen molar-refractivity contribution >= 4 is 11.7 Å². The number of likely N-dealkylation sites (tertiary alicyclic amines) is 1. The summed E-state index contributed by atoms with van der Waals surface area (Å²) in [6.07, 6.45) is 3.54. The van der Waals surface area contributed by atoms with Gasteiger partial charge in [0, 0.05) is 32.4 Å². The van der Waals surface area contributed by atoms with Crippen LogP contribution in [0.4, 0.5) is 5.82 Å². The molecule has 6 nitrogen and oxygen atoms in total. The van der Waals surface area contributed by atoms with Crippen molar-refractivity contribution in [2.45, 2.75) is 31.8 Å². The van der Waals surface area contributed by atoms with Gasteiger partial charge in [0.2, 0.25) is 5.91 Å². The van der Waals surface area contributed by atoms with Crippen LogP contribution in [0.1, 0.15) is 19.8 Å². The van der Waals surface area contributed by atoms with Gasteiger partial charge in [0.25, 0.3) is 0 Å². The largest absolute Gasteiger partial charge is 0.355 e. The Balaban J connectivity index is 1.91. The molecule has 2 heterocycles. The fourth-order valence-corrected chi connectivity index (χ4v) is 2.43. The molecule has 1 amide bonds. The molecular weight excluding hydrogens is 242 g/mol. The van der Waals surface area contributed by atoms with Crippen molar-refractivity contribution in [1.82, 2.24) is 15.1 Å². The Morgan fingerprint density at radius 1 is 1.53 bits per heavy atom. The Kier molecular flexibility index (Phi) is 4.31. The normalized spacial score (nSPS) is 18.2. The monoisotopic (exact) mass is 263 g/mol. The minimum absolute atomic E-state index is 0.0422. The summed E-state index contributed by atoms with van der Waals surface area (Å²) >= 11 is 0. The third kappa shape index (κ3) is 3.20. The van der Waals surface area contributed by atoms with Crippen molar-refractivity contribution in [2.24, 2.45) is 5.73 Å². The van der Waals surface area contributed by atoms with Gasteiger partial charge in [-0.2, -0.15) is 5.10 Å². The first-order chi connectivity index (χ1) is 9.09. The Hall–Kier alpha value is -1.69. The summed E-state index contributed by atoms with van der Waals surface area (Å²) in [7, 11) is 2.03. The van der Waals surface area contributed by atoms with E-state index in [1.54, 1.807) is 13.1 Å². The first-order valence-corrected chi connectivity index (χ1v) is 6.64. The van der Waals surface area contributed by atoms with Crippen molar-refractivity contribution in [3.05, 3.63) is 18.3 Å². The molecule has 19 heavy (non-hydrogen) atoms. The van der Waals surface area contributed by atoms with E-state index in [-0.39, 0.29) is 5.91 Å². The van der Waals surface area contributed by atoms with E-state index in [4.69, 9.17) is 5.73 Å². The highest BCUT2D eigenvalue weighted by molar-refractivity contribution is 5.81. The van der Waals surface area contributed by atoms with E-state index >= 15 is 0 Å². The highest BCUT2D eigenvalue weighted by atomic mass is 16.2. The maximum atomic E-state index is 11.8. The number of aromatic nitrogens is 2. The van der Waals surface area contributed by atoms with Crippen molar-refractivity contribution in [3.8, 4) is 0 Å². The molecule has 0 unspecified atom stereocenters. The fraction of sp³-hybridized carbons (Fsp3) is 0.615. The van der Waals surface area contributed by atoms with Gasteiger partial charge in [0.15, 0.2) is 5.82 Å². The van der Waals surface area contributed by atoms with Crippen molar-refractivity contribution < 1.29 is 4.79 Å². The number of hydrogen-bond acceptors (Lipinski definition) is 5. The number of amides is 1. The van der Waals surface area contributed by atoms with Crippen LogP contribution < -0.4 is 10.6 Å². The molecule has 1 aromatic rings. The molecule has 6 heteroatoms. The summed E-state index contributed by atoms with van der Waals surface area (Å²) in [6.45, 7) is 3.26. The lowest BCUT2D eigenvalue weighted by molar-refractivity contribution is -0.133. The van der Waals surface area contributed by atoms with E-state index in [1.165, 1.54) is 0 Å². The Labute approximate surface area is 113 Å². The van der Waals surface area contributed by atoms with Crippen LogP contribution in [0.25, 0.3) is 0 Å². The van der Waals surface area contributed by atoms with Gasteiger partial charge >= 0.3 is 0 Å². The lowest BCUT2D eigenvalue weighted by Gasteiger charge is -2.37. The third-order valence-electron chi connectivity index (χ3n) is 3.63. The van der Waals surface area contributed by atoms with E-state index < -0.39 is 6.04 Å². The van der Waals surface area contributed by atoms with Gasteiger partial charge in [0.1, 0.15) is 0 Å². The Morgan fingerprint density at radius 2 is 2.21 bits per heavy atom. The van der Waals surface area contributed by atoms with Crippen LogP contribution in [-0.4, -0.2) is 53.2 Å². The summed E-state index contributed by atoms with van der Waals surface area (Å²) in [5.41, 5.74) is 5.63. The second-order valence-electron chi connectivity index (χ2n) is 5.04. The number of nitrogens with zero attached hydrogens (tertiary/aromatic N) is 4. The van der Waals surface area contributed by atoms with E-state index in [0.717, 1.165) is 31.7 Å². The van der Waals surface area contributed by atoms with Gasteiger partial charge in [-0.25, -0.2) is 0 Å². The van der Waals surface area contributed by atoms with E-state index in [2.05, 4.69) is 15.1 Å². The second kappa shape index (κ2) is 5.97. The number of piperidine rings is 1. The second-order valence-corrected chi connectivity index (χ2v) is 5.04. The van der Waals surface area contributed by atoms with Crippen LogP contribution in [0.5, 0.6) is 0 Å². The molecule has 1 aliphatic rings. The maximum absolute atomic E-state index is 11.8. The molecule has 104 valence electrons. The highest BCUT2D eigenvalue weighted by Gasteiger charge is 2.27. The molecule has 2 rings (SSSR count). The van der Waals surface area contributed by atoms with Crippen LogP contribution in [0.3, 0.4) is 0 Å². The number of rotatable bonds is 3. The van der Waals surface area contributed by atoms with Gasteiger partial charge < -0.3 is 15.5 Å². The number of hydrogen-bond donors (Lipinski definition) is 1. The predicted octanol–water partition coefficient (Wildman–Crippen LogP) is 0.251. The summed E-state index contributed by atoms with van der Waals surface area (Å²) in [5, 5.41) is 8.01. The molecule has 1 aromatic heterocycles. The highest BCUT2D eigenvalue weighted by Crippen LogP contribution is 2.20. The van der Waals surface area contributed by atoms with Crippen LogP contribution in [0.2, 0.25) is 0 Å². The molecule has 0 aliphatic carbocycles. The average Bonchev–Trinajstić information content (AvgIpc) is 2.46. The third-order valence-corrected chi connectivity index (χ3v) is 3.63. The SMILES string of the molecule is C[C@@H](N)C(=O)N1CCC(N(C)c2cccnn2)CC1. The van der Waals surface area contributed by atoms with Gasteiger partial charge in [0.05, 0.1) is 6.04 Å². The Morgan fingerprint density at radius 3 is 2.74 bits per heavy atom. The zero-order valence-corrected chi connectivity index (χ0v) is 11.5.